The van der Waals surface area contributed by atoms with Crippen molar-refractivity contribution in [3.63, 3.8) is 0 Å². The second-order valence-electron chi connectivity index (χ2n) is 8.37. The van der Waals surface area contributed by atoms with Gasteiger partial charge in [0.1, 0.15) is 35.2 Å². The van der Waals surface area contributed by atoms with Crippen molar-refractivity contribution in [2.45, 2.75) is 38.9 Å². The highest BCUT2D eigenvalue weighted by Gasteiger charge is 2.38. The molecular formula is C25H30O7. The first-order chi connectivity index (χ1) is 15.3. The molecule has 2 heterocycles. The number of benzene rings is 2. The van der Waals surface area contributed by atoms with Crippen LogP contribution in [-0.2, 0) is 4.74 Å². The van der Waals surface area contributed by atoms with Crippen molar-refractivity contribution in [2.75, 3.05) is 34.5 Å². The van der Waals surface area contributed by atoms with Crippen LogP contribution < -0.4 is 23.7 Å². The van der Waals surface area contributed by atoms with Gasteiger partial charge in [0.15, 0.2) is 11.5 Å². The van der Waals surface area contributed by atoms with Crippen molar-refractivity contribution < 1.29 is 33.5 Å². The fraction of sp³-hybridized carbons (Fsp3) is 0.440. The molecule has 2 aromatic carbocycles. The summed E-state index contributed by atoms with van der Waals surface area (Å²) in [7, 11) is 4.81. The van der Waals surface area contributed by atoms with Gasteiger partial charge >= 0.3 is 0 Å². The van der Waals surface area contributed by atoms with Gasteiger partial charge in [0.25, 0.3) is 0 Å². The number of ether oxygens (including phenoxy) is 6. The van der Waals surface area contributed by atoms with E-state index in [-0.39, 0.29) is 6.61 Å². The van der Waals surface area contributed by atoms with E-state index in [2.05, 4.69) is 0 Å². The van der Waals surface area contributed by atoms with Gasteiger partial charge in [-0.3, -0.25) is 0 Å². The Morgan fingerprint density at radius 2 is 1.72 bits per heavy atom. The summed E-state index contributed by atoms with van der Waals surface area (Å²) in [5.74, 6) is 3.67. The van der Waals surface area contributed by atoms with Crippen molar-refractivity contribution in [1.29, 1.82) is 0 Å². The van der Waals surface area contributed by atoms with Gasteiger partial charge < -0.3 is 33.5 Å². The number of aliphatic hydroxyl groups is 1. The highest BCUT2D eigenvalue weighted by molar-refractivity contribution is 5.94. The Kier molecular flexibility index (Phi) is 5.86. The molecular weight excluding hydrogens is 412 g/mol. The third-order valence-corrected chi connectivity index (χ3v) is 5.75. The summed E-state index contributed by atoms with van der Waals surface area (Å²) in [5.41, 5.74) is 2.57. The fourth-order valence-corrected chi connectivity index (χ4v) is 4.40. The predicted molar refractivity (Wildman–Crippen MR) is 121 cm³/mol. The fourth-order valence-electron chi connectivity index (χ4n) is 4.40. The average molecular weight is 443 g/mol. The molecule has 0 amide bonds. The van der Waals surface area contributed by atoms with E-state index in [0.717, 1.165) is 16.7 Å². The average Bonchev–Trinajstić information content (AvgIpc) is 2.76. The summed E-state index contributed by atoms with van der Waals surface area (Å²) < 4.78 is 35.0. The number of methoxy groups -OCH3 is 3. The molecule has 7 nitrogen and oxygen atoms in total. The summed E-state index contributed by atoms with van der Waals surface area (Å²) in [6.45, 7) is 6.57. The standard InChI is InChI=1S/C25H30O7/c1-7-30-19-11-21(28-5)20(27-4)10-15(19)16-13-31-24-14(23(16)29-6)8-9-18-22(24)17(26)12-25(2,3)32-18/h8-11,17,26H,7,12-13H2,1-6H3. The topological polar surface area (TPSA) is 75.6 Å². The first-order valence-electron chi connectivity index (χ1n) is 10.7. The normalized spacial score (nSPS) is 18.7. The van der Waals surface area contributed by atoms with Crippen molar-refractivity contribution in [3.05, 3.63) is 41.0 Å². The number of hydrogen-bond acceptors (Lipinski definition) is 7. The molecule has 0 saturated carbocycles. The molecule has 0 spiro atoms. The second-order valence-corrected chi connectivity index (χ2v) is 8.37. The molecule has 2 aliphatic heterocycles. The van der Waals surface area contributed by atoms with E-state index >= 15 is 0 Å². The lowest BCUT2D eigenvalue weighted by Gasteiger charge is -2.37. The molecule has 1 unspecified atom stereocenters. The third-order valence-electron chi connectivity index (χ3n) is 5.75. The molecule has 172 valence electrons. The third kappa shape index (κ3) is 3.71. The first-order valence-corrected chi connectivity index (χ1v) is 10.7. The maximum Gasteiger partial charge on any atom is 0.164 e. The number of fused-ring (bicyclic) bond motifs is 3. The lowest BCUT2D eigenvalue weighted by atomic mass is 9.88. The van der Waals surface area contributed by atoms with Gasteiger partial charge in [-0.15, -0.1) is 0 Å². The number of hydrogen-bond donors (Lipinski definition) is 1. The minimum Gasteiger partial charge on any atom is -0.496 e. The van der Waals surface area contributed by atoms with Crippen LogP contribution in [0.5, 0.6) is 28.7 Å². The van der Waals surface area contributed by atoms with Crippen molar-refractivity contribution in [1.82, 2.24) is 0 Å². The Bertz CT molecular complexity index is 1050. The smallest absolute Gasteiger partial charge is 0.164 e. The highest BCUT2D eigenvalue weighted by atomic mass is 16.5. The molecule has 7 heteroatoms. The summed E-state index contributed by atoms with van der Waals surface area (Å²) >= 11 is 0. The molecule has 0 saturated heterocycles. The minimum absolute atomic E-state index is 0.234. The van der Waals surface area contributed by atoms with Crippen LogP contribution in [0, 0.1) is 0 Å². The summed E-state index contributed by atoms with van der Waals surface area (Å²) in [6, 6.07) is 7.44. The predicted octanol–water partition coefficient (Wildman–Crippen LogP) is 4.60. The van der Waals surface area contributed by atoms with Gasteiger partial charge in [-0.2, -0.15) is 0 Å². The van der Waals surface area contributed by atoms with Gasteiger partial charge in [0.05, 0.1) is 45.2 Å². The number of rotatable bonds is 6. The van der Waals surface area contributed by atoms with Gasteiger partial charge in [-0.25, -0.2) is 0 Å². The van der Waals surface area contributed by atoms with E-state index in [9.17, 15) is 5.11 Å². The van der Waals surface area contributed by atoms with E-state index in [0.29, 0.717) is 53.1 Å². The van der Waals surface area contributed by atoms with Crippen LogP contribution in [0.1, 0.15) is 50.0 Å². The minimum atomic E-state index is -0.691. The lowest BCUT2D eigenvalue weighted by molar-refractivity contribution is 0.00971. The largest absolute Gasteiger partial charge is 0.496 e. The van der Waals surface area contributed by atoms with Crippen LogP contribution in [0.3, 0.4) is 0 Å². The van der Waals surface area contributed by atoms with E-state index in [1.165, 1.54) is 0 Å². The number of aliphatic hydroxyl groups excluding tert-OH is 1. The summed E-state index contributed by atoms with van der Waals surface area (Å²) in [6.07, 6.45) is -0.216. The lowest BCUT2D eigenvalue weighted by Crippen LogP contribution is -2.35. The van der Waals surface area contributed by atoms with Crippen LogP contribution in [-0.4, -0.2) is 45.3 Å². The molecule has 0 fully saturated rings. The Hall–Kier alpha value is -3.06. The van der Waals surface area contributed by atoms with Crippen LogP contribution in [0.2, 0.25) is 0 Å². The van der Waals surface area contributed by atoms with Crippen LogP contribution in [0.15, 0.2) is 24.3 Å². The Labute approximate surface area is 188 Å². The van der Waals surface area contributed by atoms with Crippen molar-refractivity contribution >= 4 is 11.3 Å². The Morgan fingerprint density at radius 1 is 1.00 bits per heavy atom. The van der Waals surface area contributed by atoms with Crippen LogP contribution in [0.25, 0.3) is 11.3 Å². The molecule has 4 rings (SSSR count). The van der Waals surface area contributed by atoms with Gasteiger partial charge in [-0.1, -0.05) is 0 Å². The zero-order valence-electron chi connectivity index (χ0n) is 19.4. The van der Waals surface area contributed by atoms with E-state index < -0.39 is 11.7 Å². The van der Waals surface area contributed by atoms with Gasteiger partial charge in [0.2, 0.25) is 0 Å². The maximum absolute atomic E-state index is 10.9. The van der Waals surface area contributed by atoms with Gasteiger partial charge in [-0.05, 0) is 39.0 Å². The maximum atomic E-state index is 10.9. The van der Waals surface area contributed by atoms with E-state index in [4.69, 9.17) is 28.4 Å². The molecule has 1 atom stereocenters. The zero-order valence-corrected chi connectivity index (χ0v) is 19.4. The Balaban J connectivity index is 1.89. The molecule has 0 aromatic heterocycles. The Morgan fingerprint density at radius 3 is 2.38 bits per heavy atom. The van der Waals surface area contributed by atoms with Crippen LogP contribution in [0.4, 0.5) is 0 Å². The molecule has 0 aliphatic carbocycles. The molecule has 0 bridgehead atoms. The molecule has 0 radical (unpaired) electrons. The summed E-state index contributed by atoms with van der Waals surface area (Å²) in [5, 5.41) is 10.9. The molecule has 2 aliphatic rings. The zero-order chi connectivity index (χ0) is 23.0. The van der Waals surface area contributed by atoms with Crippen molar-refractivity contribution in [3.8, 4) is 28.7 Å². The van der Waals surface area contributed by atoms with E-state index in [1.807, 2.05) is 39.0 Å². The first kappa shape index (κ1) is 22.1. The van der Waals surface area contributed by atoms with Gasteiger partial charge in [0, 0.05) is 23.6 Å². The van der Waals surface area contributed by atoms with E-state index in [1.54, 1.807) is 27.4 Å². The highest BCUT2D eigenvalue weighted by Crippen LogP contribution is 2.51. The molecule has 1 N–H and O–H groups in total. The monoisotopic (exact) mass is 442 g/mol. The second kappa shape index (κ2) is 8.47. The van der Waals surface area contributed by atoms with Crippen LogP contribution >= 0.6 is 0 Å². The SMILES string of the molecule is CCOc1cc(OC)c(OC)cc1C1=C(OC)c2ccc3c(c2OC1)C(O)CC(C)(C)O3. The molecule has 32 heavy (non-hydrogen) atoms. The molecule has 2 aromatic rings. The van der Waals surface area contributed by atoms with Crippen molar-refractivity contribution in [2.24, 2.45) is 0 Å². The quantitative estimate of drug-likeness (QED) is 0.700. The summed E-state index contributed by atoms with van der Waals surface area (Å²) in [4.78, 5) is 0.